The highest BCUT2D eigenvalue weighted by atomic mass is 16.2. The van der Waals surface area contributed by atoms with Crippen LogP contribution in [0.25, 0.3) is 0 Å². The van der Waals surface area contributed by atoms with Gasteiger partial charge in [0.05, 0.1) is 6.54 Å². The van der Waals surface area contributed by atoms with Gasteiger partial charge in [-0.1, -0.05) is 12.1 Å². The Labute approximate surface area is 102 Å². The summed E-state index contributed by atoms with van der Waals surface area (Å²) in [5.41, 5.74) is 2.39. The smallest absolute Gasteiger partial charge is 0.239 e. The number of carbonyl (C=O) groups excluding carboxylic acids is 1. The summed E-state index contributed by atoms with van der Waals surface area (Å²) < 4.78 is 0. The van der Waals surface area contributed by atoms with E-state index in [1.165, 1.54) is 5.56 Å². The first kappa shape index (κ1) is 11.9. The van der Waals surface area contributed by atoms with Crippen molar-refractivity contribution in [1.82, 2.24) is 10.6 Å². The van der Waals surface area contributed by atoms with Crippen LogP contribution in [-0.2, 0) is 11.3 Å². The lowest BCUT2D eigenvalue weighted by Crippen LogP contribution is -2.32. The molecule has 0 unspecified atom stereocenters. The topological polar surface area (TPSA) is 44.4 Å². The number of hydrogen-bond donors (Lipinski definition) is 2. The molecule has 1 aromatic carbocycles. The van der Waals surface area contributed by atoms with Gasteiger partial charge in [0.2, 0.25) is 5.91 Å². The molecule has 1 saturated heterocycles. The summed E-state index contributed by atoms with van der Waals surface area (Å²) in [6, 6.07) is 8.39. The van der Waals surface area contributed by atoms with Gasteiger partial charge in [-0.3, -0.25) is 4.79 Å². The van der Waals surface area contributed by atoms with Gasteiger partial charge in [0, 0.05) is 25.3 Å². The fourth-order valence-electron chi connectivity index (χ4n) is 2.06. The van der Waals surface area contributed by atoms with Crippen LogP contribution in [-0.4, -0.2) is 32.6 Å². The summed E-state index contributed by atoms with van der Waals surface area (Å²) in [5.74, 6) is 0.113. The van der Waals surface area contributed by atoms with Gasteiger partial charge in [-0.25, -0.2) is 0 Å². The minimum absolute atomic E-state index is 0.113. The Kier molecular flexibility index (Phi) is 3.98. The third-order valence-corrected chi connectivity index (χ3v) is 2.94. The standard InChI is InChI=1S/C13H19N3O/c1-14-9-11-3-5-12(6-4-11)16-8-2-7-15-13(17)10-16/h3-6,14H,2,7-10H2,1H3,(H,15,17). The average Bonchev–Trinajstić information content (AvgIpc) is 2.55. The predicted octanol–water partition coefficient (Wildman–Crippen LogP) is 0.732. The predicted molar refractivity (Wildman–Crippen MR) is 69.0 cm³/mol. The second kappa shape index (κ2) is 5.68. The van der Waals surface area contributed by atoms with E-state index in [0.717, 1.165) is 31.7 Å². The summed E-state index contributed by atoms with van der Waals surface area (Å²) in [7, 11) is 1.94. The van der Waals surface area contributed by atoms with Crippen LogP contribution in [0.3, 0.4) is 0 Å². The first-order chi connectivity index (χ1) is 8.29. The number of anilines is 1. The maximum atomic E-state index is 11.5. The number of nitrogens with zero attached hydrogens (tertiary/aromatic N) is 1. The van der Waals surface area contributed by atoms with Gasteiger partial charge in [0.1, 0.15) is 0 Å². The van der Waals surface area contributed by atoms with Crippen LogP contribution in [0, 0.1) is 0 Å². The van der Waals surface area contributed by atoms with Gasteiger partial charge in [0.25, 0.3) is 0 Å². The highest BCUT2D eigenvalue weighted by molar-refractivity contribution is 5.81. The van der Waals surface area contributed by atoms with Crippen molar-refractivity contribution in [1.29, 1.82) is 0 Å². The van der Waals surface area contributed by atoms with Gasteiger partial charge in [0.15, 0.2) is 0 Å². The lowest BCUT2D eigenvalue weighted by Gasteiger charge is -2.21. The summed E-state index contributed by atoms with van der Waals surface area (Å²) >= 11 is 0. The van der Waals surface area contributed by atoms with Crippen molar-refractivity contribution in [3.8, 4) is 0 Å². The average molecular weight is 233 g/mol. The van der Waals surface area contributed by atoms with Crippen molar-refractivity contribution in [2.24, 2.45) is 0 Å². The Balaban J connectivity index is 2.07. The molecule has 0 spiro atoms. The van der Waals surface area contributed by atoms with Crippen molar-refractivity contribution in [2.75, 3.05) is 31.6 Å². The van der Waals surface area contributed by atoms with Crippen molar-refractivity contribution in [3.05, 3.63) is 29.8 Å². The molecule has 2 N–H and O–H groups in total. The van der Waals surface area contributed by atoms with E-state index < -0.39 is 0 Å². The Bertz CT molecular complexity index is 375. The van der Waals surface area contributed by atoms with E-state index in [1.807, 2.05) is 7.05 Å². The van der Waals surface area contributed by atoms with E-state index in [4.69, 9.17) is 0 Å². The number of nitrogens with one attached hydrogen (secondary N) is 2. The first-order valence-electron chi connectivity index (χ1n) is 6.05. The fourth-order valence-corrected chi connectivity index (χ4v) is 2.06. The second-order valence-corrected chi connectivity index (χ2v) is 4.32. The van der Waals surface area contributed by atoms with Gasteiger partial charge in [-0.15, -0.1) is 0 Å². The second-order valence-electron chi connectivity index (χ2n) is 4.32. The lowest BCUT2D eigenvalue weighted by atomic mass is 10.2. The van der Waals surface area contributed by atoms with E-state index in [2.05, 4.69) is 39.8 Å². The number of rotatable bonds is 3. The van der Waals surface area contributed by atoms with Crippen molar-refractivity contribution >= 4 is 11.6 Å². The molecule has 1 aromatic rings. The highest BCUT2D eigenvalue weighted by Crippen LogP contribution is 2.16. The maximum Gasteiger partial charge on any atom is 0.239 e. The molecule has 0 atom stereocenters. The van der Waals surface area contributed by atoms with Crippen molar-refractivity contribution in [3.63, 3.8) is 0 Å². The van der Waals surface area contributed by atoms with Crippen LogP contribution in [0.15, 0.2) is 24.3 Å². The molecule has 0 aromatic heterocycles. The molecule has 2 rings (SSSR count). The highest BCUT2D eigenvalue weighted by Gasteiger charge is 2.14. The molecule has 17 heavy (non-hydrogen) atoms. The quantitative estimate of drug-likeness (QED) is 0.809. The first-order valence-corrected chi connectivity index (χ1v) is 6.05. The molecular formula is C13H19N3O. The minimum atomic E-state index is 0.113. The van der Waals surface area contributed by atoms with Crippen molar-refractivity contribution < 1.29 is 4.79 Å². The molecule has 0 radical (unpaired) electrons. The minimum Gasteiger partial charge on any atom is -0.362 e. The van der Waals surface area contributed by atoms with Gasteiger partial charge < -0.3 is 15.5 Å². The van der Waals surface area contributed by atoms with E-state index >= 15 is 0 Å². The largest absolute Gasteiger partial charge is 0.362 e. The molecule has 1 aliphatic rings. The van der Waals surface area contributed by atoms with Crippen LogP contribution in [0.4, 0.5) is 5.69 Å². The Morgan fingerprint density at radius 1 is 1.35 bits per heavy atom. The third-order valence-electron chi connectivity index (χ3n) is 2.94. The molecule has 1 aliphatic heterocycles. The van der Waals surface area contributed by atoms with E-state index in [0.29, 0.717) is 6.54 Å². The summed E-state index contributed by atoms with van der Waals surface area (Å²) in [6.45, 7) is 3.06. The molecule has 1 heterocycles. The van der Waals surface area contributed by atoms with E-state index in [9.17, 15) is 4.79 Å². The van der Waals surface area contributed by atoms with Crippen LogP contribution >= 0.6 is 0 Å². The summed E-state index contributed by atoms with van der Waals surface area (Å²) in [4.78, 5) is 13.6. The molecule has 0 aliphatic carbocycles. The molecular weight excluding hydrogens is 214 g/mol. The monoisotopic (exact) mass is 233 g/mol. The number of hydrogen-bond acceptors (Lipinski definition) is 3. The third kappa shape index (κ3) is 3.20. The SMILES string of the molecule is CNCc1ccc(N2CCCNC(=O)C2)cc1. The molecule has 92 valence electrons. The Morgan fingerprint density at radius 2 is 2.12 bits per heavy atom. The van der Waals surface area contributed by atoms with Crippen LogP contribution in [0.1, 0.15) is 12.0 Å². The molecule has 1 amide bonds. The van der Waals surface area contributed by atoms with Crippen LogP contribution in [0.2, 0.25) is 0 Å². The Hall–Kier alpha value is -1.55. The molecule has 4 heteroatoms. The molecule has 4 nitrogen and oxygen atoms in total. The van der Waals surface area contributed by atoms with Gasteiger partial charge >= 0.3 is 0 Å². The van der Waals surface area contributed by atoms with Crippen molar-refractivity contribution in [2.45, 2.75) is 13.0 Å². The Morgan fingerprint density at radius 3 is 2.82 bits per heavy atom. The number of benzene rings is 1. The van der Waals surface area contributed by atoms with Gasteiger partial charge in [-0.2, -0.15) is 0 Å². The van der Waals surface area contributed by atoms with Crippen LogP contribution in [0.5, 0.6) is 0 Å². The van der Waals surface area contributed by atoms with E-state index in [1.54, 1.807) is 0 Å². The van der Waals surface area contributed by atoms with Crippen LogP contribution < -0.4 is 15.5 Å². The zero-order chi connectivity index (χ0) is 12.1. The summed E-state index contributed by atoms with van der Waals surface area (Å²) in [6.07, 6.45) is 1.00. The molecule has 1 fully saturated rings. The number of amides is 1. The fraction of sp³-hybridized carbons (Fsp3) is 0.462. The molecule has 0 bridgehead atoms. The molecule has 0 saturated carbocycles. The summed E-state index contributed by atoms with van der Waals surface area (Å²) in [5, 5.41) is 6.01. The zero-order valence-electron chi connectivity index (χ0n) is 10.2. The van der Waals surface area contributed by atoms with E-state index in [-0.39, 0.29) is 5.91 Å². The van der Waals surface area contributed by atoms with Gasteiger partial charge in [-0.05, 0) is 31.2 Å². The normalized spacial score (nSPS) is 16.5. The zero-order valence-corrected chi connectivity index (χ0v) is 10.2. The number of carbonyl (C=O) groups is 1. The lowest BCUT2D eigenvalue weighted by molar-refractivity contribution is -0.119. The maximum absolute atomic E-state index is 11.5.